The van der Waals surface area contributed by atoms with Crippen molar-refractivity contribution in [1.82, 2.24) is 10.1 Å². The first-order chi connectivity index (χ1) is 8.92. The first-order valence-electron chi connectivity index (χ1n) is 5.52. The number of thiophene rings is 1. The monoisotopic (exact) mass is 254 g/mol. The number of hydrogen-bond acceptors (Lipinski definition) is 4. The lowest BCUT2D eigenvalue weighted by atomic mass is 10.2. The molecule has 0 aliphatic carbocycles. The van der Waals surface area contributed by atoms with Crippen LogP contribution in [0.25, 0.3) is 23.5 Å². The summed E-state index contributed by atoms with van der Waals surface area (Å²) in [4.78, 5) is 5.48. The lowest BCUT2D eigenvalue weighted by Crippen LogP contribution is -1.78. The molecule has 0 saturated heterocycles. The minimum atomic E-state index is 0.516. The fourth-order valence-corrected chi connectivity index (χ4v) is 2.16. The van der Waals surface area contributed by atoms with Crippen molar-refractivity contribution in [3.05, 3.63) is 58.6 Å². The largest absolute Gasteiger partial charge is 0.334 e. The molecule has 3 aromatic rings. The molecular formula is C14H10N2OS. The van der Waals surface area contributed by atoms with Crippen LogP contribution in [0.3, 0.4) is 0 Å². The Morgan fingerprint density at radius 3 is 2.67 bits per heavy atom. The third kappa shape index (κ3) is 2.38. The van der Waals surface area contributed by atoms with Crippen molar-refractivity contribution in [3.8, 4) is 11.4 Å². The van der Waals surface area contributed by atoms with E-state index in [1.807, 2.05) is 60.0 Å². The van der Waals surface area contributed by atoms with Gasteiger partial charge in [-0.15, -0.1) is 11.3 Å². The topological polar surface area (TPSA) is 38.9 Å². The molecule has 0 aliphatic rings. The van der Waals surface area contributed by atoms with Crippen LogP contribution >= 0.6 is 11.3 Å². The van der Waals surface area contributed by atoms with Crippen molar-refractivity contribution >= 4 is 23.5 Å². The molecule has 88 valence electrons. The molecule has 2 heterocycles. The van der Waals surface area contributed by atoms with Gasteiger partial charge in [0.2, 0.25) is 5.82 Å². The fourth-order valence-electron chi connectivity index (χ4n) is 1.55. The highest BCUT2D eigenvalue weighted by Gasteiger charge is 2.05. The molecule has 0 radical (unpaired) electrons. The lowest BCUT2D eigenvalue weighted by molar-refractivity contribution is 0.411. The highest BCUT2D eigenvalue weighted by Crippen LogP contribution is 2.17. The quantitative estimate of drug-likeness (QED) is 0.710. The van der Waals surface area contributed by atoms with E-state index in [0.29, 0.717) is 11.7 Å². The minimum Gasteiger partial charge on any atom is -0.334 e. The predicted octanol–water partition coefficient (Wildman–Crippen LogP) is 3.97. The van der Waals surface area contributed by atoms with E-state index >= 15 is 0 Å². The van der Waals surface area contributed by atoms with Gasteiger partial charge in [-0.2, -0.15) is 4.98 Å². The zero-order valence-electron chi connectivity index (χ0n) is 9.48. The SMILES string of the molecule is C(=C\c1cccs1)/c1nc(-c2ccccc2)no1. The number of nitrogens with zero attached hydrogens (tertiary/aromatic N) is 2. The fraction of sp³-hybridized carbons (Fsp3) is 0. The van der Waals surface area contributed by atoms with Crippen LogP contribution in [0.5, 0.6) is 0 Å². The molecule has 0 atom stereocenters. The predicted molar refractivity (Wildman–Crippen MR) is 73.0 cm³/mol. The summed E-state index contributed by atoms with van der Waals surface area (Å²) in [5, 5.41) is 5.98. The second-order valence-corrected chi connectivity index (χ2v) is 4.65. The maximum Gasteiger partial charge on any atom is 0.250 e. The van der Waals surface area contributed by atoms with E-state index in [1.54, 1.807) is 11.3 Å². The summed E-state index contributed by atoms with van der Waals surface area (Å²) in [6.07, 6.45) is 3.79. The maximum atomic E-state index is 5.17. The Labute approximate surface area is 108 Å². The molecule has 0 amide bonds. The molecule has 0 fully saturated rings. The number of hydrogen-bond donors (Lipinski definition) is 0. The van der Waals surface area contributed by atoms with Gasteiger partial charge in [-0.05, 0) is 17.5 Å². The molecule has 1 aromatic carbocycles. The van der Waals surface area contributed by atoms with Gasteiger partial charge in [0.15, 0.2) is 0 Å². The van der Waals surface area contributed by atoms with Crippen LogP contribution in [0.1, 0.15) is 10.8 Å². The van der Waals surface area contributed by atoms with Crippen LogP contribution in [0.15, 0.2) is 52.4 Å². The van der Waals surface area contributed by atoms with E-state index in [0.717, 1.165) is 10.4 Å². The second kappa shape index (κ2) is 4.98. The molecule has 18 heavy (non-hydrogen) atoms. The molecule has 0 unspecified atom stereocenters. The Morgan fingerprint density at radius 2 is 1.89 bits per heavy atom. The summed E-state index contributed by atoms with van der Waals surface area (Å²) >= 11 is 1.67. The third-order valence-electron chi connectivity index (χ3n) is 2.41. The van der Waals surface area contributed by atoms with Gasteiger partial charge >= 0.3 is 0 Å². The van der Waals surface area contributed by atoms with Crippen LogP contribution in [0.2, 0.25) is 0 Å². The summed E-state index contributed by atoms with van der Waals surface area (Å²) in [6, 6.07) is 13.8. The molecule has 0 saturated carbocycles. The van der Waals surface area contributed by atoms with E-state index in [1.165, 1.54) is 0 Å². The average molecular weight is 254 g/mol. The van der Waals surface area contributed by atoms with Gasteiger partial charge in [0.05, 0.1) is 0 Å². The first-order valence-corrected chi connectivity index (χ1v) is 6.40. The second-order valence-electron chi connectivity index (χ2n) is 3.67. The van der Waals surface area contributed by atoms with Gasteiger partial charge in [0.1, 0.15) is 0 Å². The van der Waals surface area contributed by atoms with E-state index in [-0.39, 0.29) is 0 Å². The molecule has 2 aromatic heterocycles. The van der Waals surface area contributed by atoms with Crippen molar-refractivity contribution in [1.29, 1.82) is 0 Å². The van der Waals surface area contributed by atoms with E-state index in [9.17, 15) is 0 Å². The minimum absolute atomic E-state index is 0.516. The van der Waals surface area contributed by atoms with Crippen LogP contribution in [0, 0.1) is 0 Å². The highest BCUT2D eigenvalue weighted by molar-refractivity contribution is 7.10. The summed E-state index contributed by atoms with van der Waals surface area (Å²) in [7, 11) is 0. The zero-order chi connectivity index (χ0) is 12.2. The van der Waals surface area contributed by atoms with Crippen molar-refractivity contribution in [3.63, 3.8) is 0 Å². The van der Waals surface area contributed by atoms with Crippen LogP contribution in [-0.2, 0) is 0 Å². The molecule has 3 rings (SSSR count). The van der Waals surface area contributed by atoms with Gasteiger partial charge < -0.3 is 4.52 Å². The standard InChI is InChI=1S/C14H10N2OS/c1-2-5-11(6-3-1)14-15-13(17-16-14)9-8-12-7-4-10-18-12/h1-10H/b9-8+. The zero-order valence-corrected chi connectivity index (χ0v) is 10.3. The van der Waals surface area contributed by atoms with Gasteiger partial charge in [0, 0.05) is 16.5 Å². The summed E-state index contributed by atoms with van der Waals surface area (Å²) in [5.74, 6) is 1.13. The lowest BCUT2D eigenvalue weighted by Gasteiger charge is -1.89. The van der Waals surface area contributed by atoms with E-state index < -0.39 is 0 Å². The highest BCUT2D eigenvalue weighted by atomic mass is 32.1. The number of benzene rings is 1. The summed E-state index contributed by atoms with van der Waals surface area (Å²) < 4.78 is 5.17. The van der Waals surface area contributed by atoms with Gasteiger partial charge in [0.25, 0.3) is 5.89 Å². The Kier molecular flexibility index (Phi) is 3.02. The first kappa shape index (κ1) is 10.9. The molecule has 0 aliphatic heterocycles. The normalized spacial score (nSPS) is 11.1. The van der Waals surface area contributed by atoms with E-state index in [2.05, 4.69) is 10.1 Å². The van der Waals surface area contributed by atoms with Crippen LogP contribution in [0.4, 0.5) is 0 Å². The Balaban J connectivity index is 1.82. The Bertz CT molecular complexity index is 642. The smallest absolute Gasteiger partial charge is 0.250 e. The molecule has 0 bridgehead atoms. The molecular weight excluding hydrogens is 244 g/mol. The summed E-state index contributed by atoms with van der Waals surface area (Å²) in [5.41, 5.74) is 0.956. The number of aromatic nitrogens is 2. The molecule has 0 N–H and O–H groups in total. The number of rotatable bonds is 3. The van der Waals surface area contributed by atoms with Gasteiger partial charge in [-0.1, -0.05) is 41.6 Å². The molecule has 4 heteroatoms. The Hall–Kier alpha value is -2.20. The van der Waals surface area contributed by atoms with Crippen molar-refractivity contribution in [2.45, 2.75) is 0 Å². The van der Waals surface area contributed by atoms with Gasteiger partial charge in [-0.25, -0.2) is 0 Å². The third-order valence-corrected chi connectivity index (χ3v) is 3.24. The van der Waals surface area contributed by atoms with Crippen molar-refractivity contribution < 1.29 is 4.52 Å². The van der Waals surface area contributed by atoms with Crippen LogP contribution in [-0.4, -0.2) is 10.1 Å². The van der Waals surface area contributed by atoms with Crippen molar-refractivity contribution in [2.24, 2.45) is 0 Å². The van der Waals surface area contributed by atoms with Crippen molar-refractivity contribution in [2.75, 3.05) is 0 Å². The summed E-state index contributed by atoms with van der Waals surface area (Å²) in [6.45, 7) is 0. The van der Waals surface area contributed by atoms with E-state index in [4.69, 9.17) is 4.52 Å². The molecule has 0 spiro atoms. The molecule has 3 nitrogen and oxygen atoms in total. The van der Waals surface area contributed by atoms with Gasteiger partial charge in [-0.3, -0.25) is 0 Å². The maximum absolute atomic E-state index is 5.17. The Morgan fingerprint density at radius 1 is 1.00 bits per heavy atom. The average Bonchev–Trinajstić information content (AvgIpc) is 3.09. The van der Waals surface area contributed by atoms with Crippen LogP contribution < -0.4 is 0 Å².